The molecule has 0 unspecified atom stereocenters. The van der Waals surface area contributed by atoms with Gasteiger partial charge in [0.25, 0.3) is 5.91 Å². The van der Waals surface area contributed by atoms with Crippen LogP contribution in [0.4, 0.5) is 0 Å². The average Bonchev–Trinajstić information content (AvgIpc) is 2.38. The molecular weight excluding hydrogens is 217 g/mol. The van der Waals surface area contributed by atoms with E-state index in [1.165, 1.54) is 0 Å². The van der Waals surface area contributed by atoms with Crippen LogP contribution >= 0.6 is 0 Å². The third-order valence-electron chi connectivity index (χ3n) is 2.29. The molecular formula is C12H16BNO3. The van der Waals surface area contributed by atoms with Gasteiger partial charge in [-0.1, -0.05) is 11.9 Å². The van der Waals surface area contributed by atoms with Gasteiger partial charge in [-0.3, -0.25) is 4.79 Å². The van der Waals surface area contributed by atoms with E-state index >= 15 is 0 Å². The Bertz CT molecular complexity index is 360. The van der Waals surface area contributed by atoms with Crippen LogP contribution < -0.4 is 10.1 Å². The van der Waals surface area contributed by atoms with Gasteiger partial charge in [-0.15, -0.1) is 0 Å². The van der Waals surface area contributed by atoms with Gasteiger partial charge in [0.2, 0.25) is 0 Å². The van der Waals surface area contributed by atoms with Crippen LogP contribution in [0.1, 0.15) is 15.9 Å². The molecule has 0 aliphatic heterocycles. The smallest absolute Gasteiger partial charge is 0.251 e. The predicted molar refractivity (Wildman–Crippen MR) is 66.7 cm³/mol. The second-order valence-electron chi connectivity index (χ2n) is 3.52. The molecule has 0 saturated carbocycles. The molecule has 1 amide bonds. The zero-order valence-corrected chi connectivity index (χ0v) is 10.2. The van der Waals surface area contributed by atoms with Crippen LogP contribution in [0.2, 0.25) is 0 Å². The quantitative estimate of drug-likeness (QED) is 0.582. The highest BCUT2D eigenvalue weighted by molar-refractivity contribution is 6.08. The Kier molecular flexibility index (Phi) is 5.56. The molecule has 1 aromatic rings. The fraction of sp³-hybridized carbons (Fsp3) is 0.417. The molecule has 17 heavy (non-hydrogen) atoms. The zero-order valence-electron chi connectivity index (χ0n) is 10.2. The highest BCUT2D eigenvalue weighted by Gasteiger charge is 2.07. The van der Waals surface area contributed by atoms with E-state index in [2.05, 4.69) is 5.32 Å². The van der Waals surface area contributed by atoms with Gasteiger partial charge in [-0.2, -0.15) is 0 Å². The molecule has 1 N–H and O–H groups in total. The Morgan fingerprint density at radius 3 is 2.71 bits per heavy atom. The molecule has 0 spiro atoms. The molecule has 0 aromatic heterocycles. The molecule has 90 valence electrons. The summed E-state index contributed by atoms with van der Waals surface area (Å²) in [6, 6.07) is 5.25. The van der Waals surface area contributed by atoms with Crippen LogP contribution in [-0.2, 0) is 11.1 Å². The molecule has 1 aromatic carbocycles. The van der Waals surface area contributed by atoms with Gasteiger partial charge >= 0.3 is 0 Å². The topological polar surface area (TPSA) is 47.6 Å². The lowest BCUT2D eigenvalue weighted by molar-refractivity contribution is 0.0936. The summed E-state index contributed by atoms with van der Waals surface area (Å²) < 4.78 is 9.97. The summed E-state index contributed by atoms with van der Waals surface area (Å²) in [5, 5.41) is 2.74. The van der Waals surface area contributed by atoms with Crippen molar-refractivity contribution in [1.29, 1.82) is 0 Å². The number of carbonyl (C=O) groups excluding carboxylic acids is 1. The molecule has 4 nitrogen and oxygen atoms in total. The number of hydrogen-bond acceptors (Lipinski definition) is 3. The first-order chi connectivity index (χ1) is 8.21. The van der Waals surface area contributed by atoms with Crippen LogP contribution in [0.25, 0.3) is 0 Å². The van der Waals surface area contributed by atoms with Gasteiger partial charge in [0.15, 0.2) is 0 Å². The number of ether oxygens (including phenoxy) is 2. The number of carbonyl (C=O) groups is 1. The molecule has 0 atom stereocenters. The van der Waals surface area contributed by atoms with E-state index in [-0.39, 0.29) is 5.91 Å². The largest absolute Gasteiger partial charge is 0.497 e. The second kappa shape index (κ2) is 6.96. The van der Waals surface area contributed by atoms with Crippen LogP contribution in [0.15, 0.2) is 18.2 Å². The molecule has 0 saturated heterocycles. The van der Waals surface area contributed by atoms with Crippen LogP contribution in [0.3, 0.4) is 0 Å². The van der Waals surface area contributed by atoms with E-state index in [1.54, 1.807) is 26.4 Å². The van der Waals surface area contributed by atoms with Crippen molar-refractivity contribution in [3.8, 4) is 5.75 Å². The average molecular weight is 233 g/mol. The Morgan fingerprint density at radius 2 is 2.12 bits per heavy atom. The molecule has 0 aliphatic carbocycles. The SMILES string of the molecule is [B]Cc1cc(OC)cc(C(=O)NCCOC)c1. The minimum atomic E-state index is -0.157. The molecule has 0 aliphatic rings. The third-order valence-corrected chi connectivity index (χ3v) is 2.29. The van der Waals surface area contributed by atoms with E-state index in [0.717, 1.165) is 5.56 Å². The molecule has 5 heteroatoms. The maximum atomic E-state index is 11.8. The van der Waals surface area contributed by atoms with E-state index in [4.69, 9.17) is 17.3 Å². The van der Waals surface area contributed by atoms with Crippen molar-refractivity contribution in [3.63, 3.8) is 0 Å². The van der Waals surface area contributed by atoms with Crippen molar-refractivity contribution in [1.82, 2.24) is 5.32 Å². The Hall–Kier alpha value is -1.49. The summed E-state index contributed by atoms with van der Waals surface area (Å²) in [6.45, 7) is 0.962. The lowest BCUT2D eigenvalue weighted by Gasteiger charge is -2.08. The third kappa shape index (κ3) is 4.11. The minimum Gasteiger partial charge on any atom is -0.497 e. The van der Waals surface area contributed by atoms with E-state index < -0.39 is 0 Å². The summed E-state index contributed by atoms with van der Waals surface area (Å²) >= 11 is 0. The lowest BCUT2D eigenvalue weighted by atomic mass is 9.95. The summed E-state index contributed by atoms with van der Waals surface area (Å²) in [5.41, 5.74) is 1.40. The number of amides is 1. The van der Waals surface area contributed by atoms with E-state index in [1.807, 2.05) is 6.07 Å². The second-order valence-corrected chi connectivity index (χ2v) is 3.52. The van der Waals surface area contributed by atoms with E-state index in [9.17, 15) is 4.79 Å². The monoisotopic (exact) mass is 233 g/mol. The standard InChI is InChI=1S/C12H16BNO3/c1-16-4-3-14-12(15)10-5-9(8-13)6-11(7-10)17-2/h5-7H,3-4,8H2,1-2H3,(H,14,15). The number of benzene rings is 1. The number of rotatable bonds is 6. The van der Waals surface area contributed by atoms with Crippen molar-refractivity contribution in [2.24, 2.45) is 0 Å². The summed E-state index contributed by atoms with van der Waals surface area (Å²) in [5.74, 6) is 0.473. The van der Waals surface area contributed by atoms with Crippen molar-refractivity contribution >= 4 is 13.8 Å². The van der Waals surface area contributed by atoms with Crippen molar-refractivity contribution in [2.45, 2.75) is 6.32 Å². The first-order valence-corrected chi connectivity index (χ1v) is 5.36. The maximum absolute atomic E-state index is 11.8. The fourth-order valence-corrected chi connectivity index (χ4v) is 1.40. The number of hydrogen-bond donors (Lipinski definition) is 1. The fourth-order valence-electron chi connectivity index (χ4n) is 1.40. The van der Waals surface area contributed by atoms with Gasteiger partial charge in [0, 0.05) is 19.2 Å². The first kappa shape index (κ1) is 13.6. The molecule has 0 bridgehead atoms. The highest BCUT2D eigenvalue weighted by atomic mass is 16.5. The number of nitrogens with one attached hydrogen (secondary N) is 1. The van der Waals surface area contributed by atoms with Gasteiger partial charge in [0.05, 0.1) is 21.6 Å². The maximum Gasteiger partial charge on any atom is 0.251 e. The molecule has 0 heterocycles. The van der Waals surface area contributed by atoms with Crippen molar-refractivity contribution in [3.05, 3.63) is 29.3 Å². The van der Waals surface area contributed by atoms with E-state index in [0.29, 0.717) is 30.8 Å². The van der Waals surface area contributed by atoms with Crippen molar-refractivity contribution < 1.29 is 14.3 Å². The Morgan fingerprint density at radius 1 is 1.35 bits per heavy atom. The molecule has 0 fully saturated rings. The summed E-state index contributed by atoms with van der Waals surface area (Å²) in [4.78, 5) is 11.8. The van der Waals surface area contributed by atoms with Crippen LogP contribution in [0.5, 0.6) is 5.75 Å². The van der Waals surface area contributed by atoms with Crippen molar-refractivity contribution in [2.75, 3.05) is 27.4 Å². The minimum absolute atomic E-state index is 0.157. The normalized spacial score (nSPS) is 10.0. The Labute approximate surface area is 103 Å². The van der Waals surface area contributed by atoms with Gasteiger partial charge < -0.3 is 14.8 Å². The molecule has 1 rings (SSSR count). The lowest BCUT2D eigenvalue weighted by Crippen LogP contribution is -2.27. The molecule has 2 radical (unpaired) electrons. The first-order valence-electron chi connectivity index (χ1n) is 5.36. The highest BCUT2D eigenvalue weighted by Crippen LogP contribution is 2.16. The zero-order chi connectivity index (χ0) is 12.7. The van der Waals surface area contributed by atoms with Crippen LogP contribution in [-0.4, -0.2) is 41.1 Å². The van der Waals surface area contributed by atoms with Gasteiger partial charge in [-0.25, -0.2) is 0 Å². The predicted octanol–water partition coefficient (Wildman–Crippen LogP) is 0.740. The number of methoxy groups -OCH3 is 2. The Balaban J connectivity index is 2.77. The van der Waals surface area contributed by atoms with Crippen LogP contribution in [0, 0.1) is 0 Å². The van der Waals surface area contributed by atoms with Gasteiger partial charge in [0.1, 0.15) is 5.75 Å². The van der Waals surface area contributed by atoms with Gasteiger partial charge in [-0.05, 0) is 18.2 Å². The summed E-state index contributed by atoms with van der Waals surface area (Å²) in [7, 11) is 8.70. The summed E-state index contributed by atoms with van der Waals surface area (Å²) in [6.07, 6.45) is 0.371.